The Bertz CT molecular complexity index is 566. The molecule has 2 aromatic rings. The molecule has 0 fully saturated rings. The molecule has 0 heterocycles. The largest absolute Gasteiger partial charge is 0.372 e. The lowest BCUT2D eigenvalue weighted by Gasteiger charge is -2.09. The van der Waals surface area contributed by atoms with Crippen molar-refractivity contribution in [3.8, 4) is 11.8 Å². The van der Waals surface area contributed by atoms with Gasteiger partial charge in [-0.1, -0.05) is 47.7 Å². The quantitative estimate of drug-likeness (QED) is 0.794. The van der Waals surface area contributed by atoms with Crippen LogP contribution in [0.25, 0.3) is 0 Å². The van der Waals surface area contributed by atoms with Gasteiger partial charge in [-0.15, -0.1) is 0 Å². The zero-order chi connectivity index (χ0) is 12.8. The molecule has 1 atom stereocenters. The number of halogens is 1. The highest BCUT2D eigenvalue weighted by molar-refractivity contribution is 6.30. The van der Waals surface area contributed by atoms with E-state index in [1.807, 2.05) is 61.5 Å². The molecule has 2 rings (SSSR count). The number of rotatable bonds is 2. The van der Waals surface area contributed by atoms with E-state index < -0.39 is 0 Å². The van der Waals surface area contributed by atoms with Crippen molar-refractivity contribution < 1.29 is 0 Å². The minimum Gasteiger partial charge on any atom is -0.372 e. The number of anilines is 1. The summed E-state index contributed by atoms with van der Waals surface area (Å²) in [7, 11) is 0. The first kappa shape index (κ1) is 12.5. The molecule has 0 aliphatic carbocycles. The fourth-order valence-corrected chi connectivity index (χ4v) is 1.77. The van der Waals surface area contributed by atoms with Gasteiger partial charge in [0.15, 0.2) is 0 Å². The topological polar surface area (TPSA) is 12.0 Å². The molecule has 0 aliphatic heterocycles. The van der Waals surface area contributed by atoms with Gasteiger partial charge >= 0.3 is 0 Å². The molecule has 0 spiro atoms. The molecule has 2 heteroatoms. The normalized spacial score (nSPS) is 11.2. The smallest absolute Gasteiger partial charge is 0.0852 e. The van der Waals surface area contributed by atoms with Gasteiger partial charge in [0.25, 0.3) is 0 Å². The van der Waals surface area contributed by atoms with Crippen molar-refractivity contribution in [2.24, 2.45) is 0 Å². The highest BCUT2D eigenvalue weighted by Crippen LogP contribution is 2.15. The highest BCUT2D eigenvalue weighted by atomic mass is 35.5. The average molecular weight is 256 g/mol. The molecule has 0 radical (unpaired) electrons. The van der Waals surface area contributed by atoms with Crippen LogP contribution in [0.4, 0.5) is 5.69 Å². The van der Waals surface area contributed by atoms with E-state index in [4.69, 9.17) is 11.6 Å². The van der Waals surface area contributed by atoms with Gasteiger partial charge in [-0.25, -0.2) is 0 Å². The first-order valence-electron chi connectivity index (χ1n) is 5.83. The summed E-state index contributed by atoms with van der Waals surface area (Å²) in [4.78, 5) is 0. The lowest BCUT2D eigenvalue weighted by Crippen LogP contribution is -2.12. The van der Waals surface area contributed by atoms with Crippen LogP contribution in [-0.2, 0) is 0 Å². The van der Waals surface area contributed by atoms with Crippen molar-refractivity contribution in [2.75, 3.05) is 5.32 Å². The summed E-state index contributed by atoms with van der Waals surface area (Å²) in [6.07, 6.45) is 0. The van der Waals surface area contributed by atoms with Gasteiger partial charge in [-0.3, -0.25) is 0 Å². The van der Waals surface area contributed by atoms with E-state index >= 15 is 0 Å². The zero-order valence-electron chi connectivity index (χ0n) is 10.2. The molecular weight excluding hydrogens is 242 g/mol. The molecule has 0 unspecified atom stereocenters. The second-order valence-electron chi connectivity index (χ2n) is 4.01. The summed E-state index contributed by atoms with van der Waals surface area (Å²) in [5.41, 5.74) is 2.01. The lowest BCUT2D eigenvalue weighted by molar-refractivity contribution is 1.03. The van der Waals surface area contributed by atoms with Gasteiger partial charge in [0.2, 0.25) is 0 Å². The van der Waals surface area contributed by atoms with Gasteiger partial charge in [0.1, 0.15) is 0 Å². The molecule has 0 amide bonds. The minimum absolute atomic E-state index is 0.0728. The molecule has 18 heavy (non-hydrogen) atoms. The van der Waals surface area contributed by atoms with E-state index in [1.54, 1.807) is 0 Å². The van der Waals surface area contributed by atoms with Crippen LogP contribution in [0, 0.1) is 11.8 Å². The second-order valence-corrected chi connectivity index (χ2v) is 4.45. The Hall–Kier alpha value is -1.91. The van der Waals surface area contributed by atoms with E-state index in [2.05, 4.69) is 17.2 Å². The summed E-state index contributed by atoms with van der Waals surface area (Å²) >= 11 is 5.93. The van der Waals surface area contributed by atoms with E-state index in [-0.39, 0.29) is 6.04 Å². The van der Waals surface area contributed by atoms with Crippen LogP contribution in [0.3, 0.4) is 0 Å². The summed E-state index contributed by atoms with van der Waals surface area (Å²) in [5, 5.41) is 4.02. The van der Waals surface area contributed by atoms with Crippen molar-refractivity contribution in [2.45, 2.75) is 13.0 Å². The van der Waals surface area contributed by atoms with E-state index in [0.717, 1.165) is 16.3 Å². The fraction of sp³-hybridized carbons (Fsp3) is 0.125. The maximum atomic E-state index is 5.93. The van der Waals surface area contributed by atoms with Crippen molar-refractivity contribution in [3.05, 3.63) is 65.2 Å². The molecule has 1 N–H and O–H groups in total. The predicted molar refractivity (Wildman–Crippen MR) is 77.9 cm³/mol. The van der Waals surface area contributed by atoms with Crippen LogP contribution in [0.2, 0.25) is 5.02 Å². The maximum absolute atomic E-state index is 5.93. The monoisotopic (exact) mass is 255 g/mol. The molecule has 0 saturated heterocycles. The van der Waals surface area contributed by atoms with E-state index in [9.17, 15) is 0 Å². The maximum Gasteiger partial charge on any atom is 0.0852 e. The number of hydrogen-bond acceptors (Lipinski definition) is 1. The predicted octanol–water partition coefficient (Wildman–Crippen LogP) is 4.19. The van der Waals surface area contributed by atoms with Gasteiger partial charge in [-0.2, -0.15) is 0 Å². The third kappa shape index (κ3) is 3.84. The minimum atomic E-state index is 0.0728. The number of benzene rings is 2. The van der Waals surface area contributed by atoms with E-state index in [0.29, 0.717) is 0 Å². The van der Waals surface area contributed by atoms with Crippen molar-refractivity contribution in [1.82, 2.24) is 0 Å². The Morgan fingerprint density at radius 1 is 1.06 bits per heavy atom. The summed E-state index contributed by atoms with van der Waals surface area (Å²) in [6, 6.07) is 17.7. The van der Waals surface area contributed by atoms with Crippen molar-refractivity contribution >= 4 is 17.3 Å². The first-order valence-corrected chi connectivity index (χ1v) is 6.20. The van der Waals surface area contributed by atoms with Crippen LogP contribution < -0.4 is 5.32 Å². The SMILES string of the molecule is C[C@H](C#Cc1ccccc1)Nc1cccc(Cl)c1. The average Bonchev–Trinajstić information content (AvgIpc) is 2.38. The zero-order valence-corrected chi connectivity index (χ0v) is 10.9. The third-order valence-corrected chi connectivity index (χ3v) is 2.65. The Morgan fingerprint density at radius 3 is 2.56 bits per heavy atom. The first-order chi connectivity index (χ1) is 8.74. The Morgan fingerprint density at radius 2 is 1.83 bits per heavy atom. The lowest BCUT2D eigenvalue weighted by atomic mass is 10.2. The third-order valence-electron chi connectivity index (χ3n) is 2.41. The van der Waals surface area contributed by atoms with Gasteiger partial charge in [-0.05, 0) is 37.3 Å². The number of hydrogen-bond donors (Lipinski definition) is 1. The van der Waals surface area contributed by atoms with Crippen LogP contribution >= 0.6 is 11.6 Å². The standard InChI is InChI=1S/C16H14ClN/c1-13(10-11-14-6-3-2-4-7-14)18-16-9-5-8-15(17)12-16/h2-9,12-13,18H,1H3/t13-/m1/s1. The van der Waals surface area contributed by atoms with Gasteiger partial charge < -0.3 is 5.32 Å². The molecule has 0 aliphatic rings. The Labute approximate surface area is 113 Å². The van der Waals surface area contributed by atoms with Crippen molar-refractivity contribution in [3.63, 3.8) is 0 Å². The molecule has 2 aromatic carbocycles. The highest BCUT2D eigenvalue weighted by Gasteiger charge is 1.97. The van der Waals surface area contributed by atoms with Gasteiger partial charge in [0, 0.05) is 16.3 Å². The number of nitrogens with one attached hydrogen (secondary N) is 1. The summed E-state index contributed by atoms with van der Waals surface area (Å²) in [5.74, 6) is 6.30. The van der Waals surface area contributed by atoms with Crippen LogP contribution in [0.1, 0.15) is 12.5 Å². The molecule has 0 bridgehead atoms. The molecule has 0 saturated carbocycles. The Balaban J connectivity index is 2.01. The molecule has 90 valence electrons. The Kier molecular flexibility index (Phi) is 4.28. The van der Waals surface area contributed by atoms with E-state index in [1.165, 1.54) is 0 Å². The van der Waals surface area contributed by atoms with Crippen LogP contribution in [-0.4, -0.2) is 6.04 Å². The van der Waals surface area contributed by atoms with Gasteiger partial charge in [0.05, 0.1) is 6.04 Å². The second kappa shape index (κ2) is 6.14. The van der Waals surface area contributed by atoms with Crippen LogP contribution in [0.15, 0.2) is 54.6 Å². The fourth-order valence-electron chi connectivity index (χ4n) is 1.58. The molecule has 0 aromatic heterocycles. The van der Waals surface area contributed by atoms with Crippen molar-refractivity contribution in [1.29, 1.82) is 0 Å². The summed E-state index contributed by atoms with van der Waals surface area (Å²) < 4.78 is 0. The molecular formula is C16H14ClN. The molecule has 1 nitrogen and oxygen atoms in total. The summed E-state index contributed by atoms with van der Waals surface area (Å²) in [6.45, 7) is 2.02. The van der Waals surface area contributed by atoms with Crippen LogP contribution in [0.5, 0.6) is 0 Å².